The van der Waals surface area contributed by atoms with Crippen LogP contribution in [0.1, 0.15) is 23.1 Å². The molecular formula is C12H14O2. The average Bonchev–Trinajstić information content (AvgIpc) is 2.64. The second-order valence-corrected chi connectivity index (χ2v) is 3.71. The Bertz CT molecular complexity index is 355. The summed E-state index contributed by atoms with van der Waals surface area (Å²) in [6.45, 7) is 0. The predicted molar refractivity (Wildman–Crippen MR) is 54.2 cm³/mol. The van der Waals surface area contributed by atoms with E-state index in [1.807, 2.05) is 6.07 Å². The number of hydrogen-bond donors (Lipinski definition) is 0. The van der Waals surface area contributed by atoms with Crippen molar-refractivity contribution in [2.45, 2.75) is 25.7 Å². The van der Waals surface area contributed by atoms with Gasteiger partial charge in [-0.15, -0.1) is 0 Å². The fourth-order valence-electron chi connectivity index (χ4n) is 1.97. The van der Waals surface area contributed by atoms with Crippen LogP contribution in [0, 0.1) is 0 Å². The molecule has 0 spiro atoms. The summed E-state index contributed by atoms with van der Waals surface area (Å²) in [5, 5.41) is 0. The molecule has 14 heavy (non-hydrogen) atoms. The number of benzene rings is 1. The van der Waals surface area contributed by atoms with Gasteiger partial charge >= 0.3 is 5.97 Å². The number of carbonyl (C=O) groups is 1. The first-order chi connectivity index (χ1) is 6.79. The van der Waals surface area contributed by atoms with Crippen LogP contribution in [0.4, 0.5) is 0 Å². The number of ether oxygens (including phenoxy) is 1. The summed E-state index contributed by atoms with van der Waals surface area (Å²) in [5.41, 5.74) is 3.92. The van der Waals surface area contributed by atoms with Crippen molar-refractivity contribution in [3.05, 3.63) is 34.9 Å². The lowest BCUT2D eigenvalue weighted by molar-refractivity contribution is -0.139. The van der Waals surface area contributed by atoms with Gasteiger partial charge in [0.15, 0.2) is 0 Å². The van der Waals surface area contributed by atoms with Crippen molar-refractivity contribution < 1.29 is 9.53 Å². The molecule has 0 N–H and O–H groups in total. The highest BCUT2D eigenvalue weighted by molar-refractivity contribution is 5.72. The lowest BCUT2D eigenvalue weighted by atomic mass is 10.0. The molecule has 0 amide bonds. The van der Waals surface area contributed by atoms with Gasteiger partial charge in [0.2, 0.25) is 0 Å². The Labute approximate surface area is 83.9 Å². The Morgan fingerprint density at radius 2 is 2.14 bits per heavy atom. The van der Waals surface area contributed by atoms with Crippen molar-refractivity contribution in [2.24, 2.45) is 0 Å². The summed E-state index contributed by atoms with van der Waals surface area (Å²) in [7, 11) is 1.43. The number of carbonyl (C=O) groups excluding carboxylic acids is 1. The van der Waals surface area contributed by atoms with Crippen LogP contribution in [0.15, 0.2) is 18.2 Å². The summed E-state index contributed by atoms with van der Waals surface area (Å²) < 4.78 is 4.63. The second kappa shape index (κ2) is 3.82. The van der Waals surface area contributed by atoms with Gasteiger partial charge in [-0.2, -0.15) is 0 Å². The van der Waals surface area contributed by atoms with Gasteiger partial charge in [-0.3, -0.25) is 4.79 Å². The molecule has 0 bridgehead atoms. The minimum atomic E-state index is -0.164. The minimum absolute atomic E-state index is 0.164. The Morgan fingerprint density at radius 1 is 1.36 bits per heavy atom. The molecular weight excluding hydrogens is 176 g/mol. The number of fused-ring (bicyclic) bond motifs is 1. The molecule has 2 nitrogen and oxygen atoms in total. The van der Waals surface area contributed by atoms with E-state index in [0.29, 0.717) is 6.42 Å². The lowest BCUT2D eigenvalue weighted by Gasteiger charge is -2.03. The lowest BCUT2D eigenvalue weighted by Crippen LogP contribution is -2.04. The van der Waals surface area contributed by atoms with Crippen molar-refractivity contribution in [3.8, 4) is 0 Å². The molecule has 1 aromatic rings. The highest BCUT2D eigenvalue weighted by Crippen LogP contribution is 2.22. The van der Waals surface area contributed by atoms with Crippen LogP contribution in [-0.2, 0) is 28.8 Å². The van der Waals surface area contributed by atoms with Gasteiger partial charge in [-0.25, -0.2) is 0 Å². The van der Waals surface area contributed by atoms with Gasteiger partial charge in [0.25, 0.3) is 0 Å². The standard InChI is InChI=1S/C12H14O2/c1-14-12(13)8-9-5-6-10-3-2-4-11(10)7-9/h5-7H,2-4,8H2,1H3. The van der Waals surface area contributed by atoms with Gasteiger partial charge in [0.1, 0.15) is 0 Å². The molecule has 1 aliphatic rings. The maximum Gasteiger partial charge on any atom is 0.309 e. The van der Waals surface area contributed by atoms with Crippen LogP contribution in [0.3, 0.4) is 0 Å². The molecule has 0 unspecified atom stereocenters. The van der Waals surface area contributed by atoms with Crippen molar-refractivity contribution in [1.29, 1.82) is 0 Å². The summed E-state index contributed by atoms with van der Waals surface area (Å²) in [6.07, 6.45) is 3.99. The number of hydrogen-bond acceptors (Lipinski definition) is 2. The van der Waals surface area contributed by atoms with E-state index >= 15 is 0 Å². The third kappa shape index (κ3) is 1.79. The Hall–Kier alpha value is -1.31. The normalized spacial score (nSPS) is 13.8. The molecule has 74 valence electrons. The summed E-state index contributed by atoms with van der Waals surface area (Å²) in [4.78, 5) is 11.1. The zero-order chi connectivity index (χ0) is 9.97. The van der Waals surface area contributed by atoms with Crippen molar-refractivity contribution in [2.75, 3.05) is 7.11 Å². The van der Waals surface area contributed by atoms with Gasteiger partial charge in [0.05, 0.1) is 13.5 Å². The highest BCUT2D eigenvalue weighted by Gasteiger charge is 2.11. The predicted octanol–water partition coefficient (Wildman–Crippen LogP) is 1.89. The summed E-state index contributed by atoms with van der Waals surface area (Å²) in [6, 6.07) is 6.31. The maximum absolute atomic E-state index is 11.1. The fraction of sp³-hybridized carbons (Fsp3) is 0.417. The molecule has 0 aromatic heterocycles. The number of aryl methyl sites for hydroxylation is 2. The minimum Gasteiger partial charge on any atom is -0.469 e. The molecule has 0 aliphatic heterocycles. The molecule has 2 rings (SSSR count). The van der Waals surface area contributed by atoms with E-state index in [1.165, 1.54) is 31.1 Å². The first-order valence-electron chi connectivity index (χ1n) is 4.97. The van der Waals surface area contributed by atoms with Crippen molar-refractivity contribution in [1.82, 2.24) is 0 Å². The van der Waals surface area contributed by atoms with Crippen LogP contribution < -0.4 is 0 Å². The number of rotatable bonds is 2. The number of esters is 1. The van der Waals surface area contributed by atoms with E-state index in [4.69, 9.17) is 0 Å². The molecule has 0 fully saturated rings. The quantitative estimate of drug-likeness (QED) is 0.666. The van der Waals surface area contributed by atoms with E-state index in [9.17, 15) is 4.79 Å². The summed E-state index contributed by atoms with van der Waals surface area (Å²) in [5.74, 6) is -0.164. The van der Waals surface area contributed by atoms with E-state index < -0.39 is 0 Å². The Morgan fingerprint density at radius 3 is 2.93 bits per heavy atom. The Balaban J connectivity index is 2.16. The van der Waals surface area contributed by atoms with E-state index in [-0.39, 0.29) is 5.97 Å². The van der Waals surface area contributed by atoms with Crippen LogP contribution in [0.2, 0.25) is 0 Å². The molecule has 0 radical (unpaired) electrons. The summed E-state index contributed by atoms with van der Waals surface area (Å²) >= 11 is 0. The molecule has 0 heterocycles. The molecule has 1 aliphatic carbocycles. The topological polar surface area (TPSA) is 26.3 Å². The average molecular weight is 190 g/mol. The van der Waals surface area contributed by atoms with Gasteiger partial charge in [-0.05, 0) is 36.0 Å². The molecule has 0 atom stereocenters. The van der Waals surface area contributed by atoms with Crippen molar-refractivity contribution >= 4 is 5.97 Å². The van der Waals surface area contributed by atoms with Crippen LogP contribution in [-0.4, -0.2) is 13.1 Å². The molecule has 1 aromatic carbocycles. The van der Waals surface area contributed by atoms with Crippen LogP contribution in [0.5, 0.6) is 0 Å². The zero-order valence-electron chi connectivity index (χ0n) is 8.38. The molecule has 0 saturated heterocycles. The Kier molecular flexibility index (Phi) is 2.53. The van der Waals surface area contributed by atoms with Crippen LogP contribution >= 0.6 is 0 Å². The maximum atomic E-state index is 11.1. The number of methoxy groups -OCH3 is 1. The monoisotopic (exact) mass is 190 g/mol. The molecule has 0 saturated carbocycles. The first kappa shape index (κ1) is 9.25. The van der Waals surface area contributed by atoms with Gasteiger partial charge in [0, 0.05) is 0 Å². The second-order valence-electron chi connectivity index (χ2n) is 3.71. The highest BCUT2D eigenvalue weighted by atomic mass is 16.5. The van der Waals surface area contributed by atoms with Gasteiger partial charge < -0.3 is 4.74 Å². The van der Waals surface area contributed by atoms with E-state index in [1.54, 1.807) is 0 Å². The van der Waals surface area contributed by atoms with E-state index in [2.05, 4.69) is 16.9 Å². The fourth-order valence-corrected chi connectivity index (χ4v) is 1.97. The first-order valence-corrected chi connectivity index (χ1v) is 4.97. The third-order valence-electron chi connectivity index (χ3n) is 2.74. The SMILES string of the molecule is COC(=O)Cc1ccc2c(c1)CCC2. The smallest absolute Gasteiger partial charge is 0.309 e. The molecule has 2 heteroatoms. The third-order valence-corrected chi connectivity index (χ3v) is 2.74. The zero-order valence-corrected chi connectivity index (χ0v) is 8.38. The van der Waals surface area contributed by atoms with E-state index in [0.717, 1.165) is 12.0 Å². The largest absolute Gasteiger partial charge is 0.469 e. The van der Waals surface area contributed by atoms with Crippen molar-refractivity contribution in [3.63, 3.8) is 0 Å². The van der Waals surface area contributed by atoms with Crippen LogP contribution in [0.25, 0.3) is 0 Å². The van der Waals surface area contributed by atoms with Gasteiger partial charge in [-0.1, -0.05) is 18.2 Å².